The molecule has 0 radical (unpaired) electrons. The number of aromatic amines is 1. The number of nitrogens with one attached hydrogen (secondary N) is 1. The van der Waals surface area contributed by atoms with Gasteiger partial charge in [0.2, 0.25) is 0 Å². The van der Waals surface area contributed by atoms with E-state index >= 15 is 0 Å². The fraction of sp³-hybridized carbons (Fsp3) is 0.636. The molecule has 1 atom stereocenters. The molecule has 3 heteroatoms. The minimum absolute atomic E-state index is 0.561. The zero-order valence-electron chi connectivity index (χ0n) is 15.3. The second-order valence-corrected chi connectivity index (χ2v) is 8.53. The summed E-state index contributed by atoms with van der Waals surface area (Å²) in [6.45, 7) is 2.55. The highest BCUT2D eigenvalue weighted by atomic mass is 35.5. The molecule has 4 rings (SSSR count). The Morgan fingerprint density at radius 1 is 0.960 bits per heavy atom. The van der Waals surface area contributed by atoms with Crippen molar-refractivity contribution in [2.24, 2.45) is 5.92 Å². The summed E-state index contributed by atoms with van der Waals surface area (Å²) in [7, 11) is 0. The van der Waals surface area contributed by atoms with E-state index in [0.29, 0.717) is 6.04 Å². The number of halogens is 1. The molecular formula is C22H31ClN2. The van der Waals surface area contributed by atoms with Crippen molar-refractivity contribution in [2.75, 3.05) is 13.1 Å². The van der Waals surface area contributed by atoms with Gasteiger partial charge in [-0.3, -0.25) is 4.90 Å². The number of H-pyrrole nitrogens is 1. The van der Waals surface area contributed by atoms with Gasteiger partial charge in [-0.05, 0) is 49.8 Å². The first kappa shape index (κ1) is 17.4. The molecule has 1 aliphatic heterocycles. The molecule has 2 aromatic rings. The van der Waals surface area contributed by atoms with Gasteiger partial charge in [-0.25, -0.2) is 0 Å². The van der Waals surface area contributed by atoms with Crippen molar-refractivity contribution >= 4 is 22.5 Å². The molecule has 1 unspecified atom stereocenters. The number of piperidine rings is 1. The molecule has 2 nitrogen and oxygen atoms in total. The molecule has 2 heterocycles. The van der Waals surface area contributed by atoms with Crippen molar-refractivity contribution in [3.05, 3.63) is 35.0 Å². The van der Waals surface area contributed by atoms with Crippen LogP contribution in [0.15, 0.2) is 24.4 Å². The molecule has 136 valence electrons. The Bertz CT molecular complexity index is 684. The minimum atomic E-state index is 0.561. The minimum Gasteiger partial charge on any atom is -0.360 e. The SMILES string of the molecule is Clc1cccc2c(C3CCCCN3CC3CCCCCCC3)c[nH]c12. The molecule has 1 aliphatic carbocycles. The molecule has 0 amide bonds. The zero-order chi connectivity index (χ0) is 17.1. The van der Waals surface area contributed by atoms with Crippen LogP contribution in [0.3, 0.4) is 0 Å². The van der Waals surface area contributed by atoms with Gasteiger partial charge in [0, 0.05) is 24.2 Å². The van der Waals surface area contributed by atoms with Gasteiger partial charge in [0.15, 0.2) is 0 Å². The molecule has 1 saturated carbocycles. The van der Waals surface area contributed by atoms with Crippen molar-refractivity contribution in [3.63, 3.8) is 0 Å². The summed E-state index contributed by atoms with van der Waals surface area (Å²) in [5, 5.41) is 2.16. The fourth-order valence-electron chi connectivity index (χ4n) is 5.03. The predicted octanol–water partition coefficient (Wildman–Crippen LogP) is 6.71. The first-order valence-corrected chi connectivity index (χ1v) is 10.7. The third-order valence-electron chi connectivity index (χ3n) is 6.39. The highest BCUT2D eigenvalue weighted by Crippen LogP contribution is 2.38. The summed E-state index contributed by atoms with van der Waals surface area (Å²) in [4.78, 5) is 6.23. The van der Waals surface area contributed by atoms with E-state index in [1.807, 2.05) is 6.07 Å². The van der Waals surface area contributed by atoms with Gasteiger partial charge in [-0.1, -0.05) is 62.3 Å². The quantitative estimate of drug-likeness (QED) is 0.646. The summed E-state index contributed by atoms with van der Waals surface area (Å²) in [5.41, 5.74) is 2.57. The molecule has 1 aromatic heterocycles. The number of hydrogen-bond acceptors (Lipinski definition) is 1. The van der Waals surface area contributed by atoms with E-state index in [1.54, 1.807) is 0 Å². The van der Waals surface area contributed by atoms with Crippen LogP contribution in [0.25, 0.3) is 10.9 Å². The van der Waals surface area contributed by atoms with Crippen molar-refractivity contribution in [2.45, 2.75) is 70.3 Å². The van der Waals surface area contributed by atoms with Crippen molar-refractivity contribution in [1.29, 1.82) is 0 Å². The van der Waals surface area contributed by atoms with E-state index in [9.17, 15) is 0 Å². The number of likely N-dealkylation sites (tertiary alicyclic amines) is 1. The second-order valence-electron chi connectivity index (χ2n) is 8.12. The summed E-state index contributed by atoms with van der Waals surface area (Å²) >= 11 is 6.39. The summed E-state index contributed by atoms with van der Waals surface area (Å²) in [6.07, 6.45) is 16.3. The maximum atomic E-state index is 6.39. The van der Waals surface area contributed by atoms with Gasteiger partial charge < -0.3 is 4.98 Å². The summed E-state index contributed by atoms with van der Waals surface area (Å²) < 4.78 is 0. The third-order valence-corrected chi connectivity index (χ3v) is 6.70. The standard InChI is InChI=1S/C22H31ClN2/c23-20-12-8-11-18-19(15-24-22(18)20)21-13-6-7-14-25(21)16-17-9-4-2-1-3-5-10-17/h8,11-12,15,17,21,24H,1-7,9-10,13-14,16H2. The molecule has 1 N–H and O–H groups in total. The Morgan fingerprint density at radius 2 is 1.72 bits per heavy atom. The van der Waals surface area contributed by atoms with E-state index in [0.717, 1.165) is 16.5 Å². The third kappa shape index (κ3) is 3.90. The Hall–Kier alpha value is -0.990. The lowest BCUT2D eigenvalue weighted by Crippen LogP contribution is -2.37. The average Bonchev–Trinajstić information content (AvgIpc) is 3.03. The second kappa shape index (κ2) is 8.14. The number of fused-ring (bicyclic) bond motifs is 1. The lowest BCUT2D eigenvalue weighted by Gasteiger charge is -2.38. The van der Waals surface area contributed by atoms with E-state index in [1.165, 1.54) is 88.2 Å². The first-order chi connectivity index (χ1) is 12.3. The summed E-state index contributed by atoms with van der Waals surface area (Å²) in [6, 6.07) is 6.86. The van der Waals surface area contributed by atoms with Crippen LogP contribution < -0.4 is 0 Å². The normalized spacial score (nSPS) is 24.3. The van der Waals surface area contributed by atoms with Crippen LogP contribution in [-0.2, 0) is 0 Å². The lowest BCUT2D eigenvalue weighted by atomic mass is 9.88. The van der Waals surface area contributed by atoms with Crippen LogP contribution >= 0.6 is 11.6 Å². The molecule has 2 fully saturated rings. The number of nitrogens with zero attached hydrogens (tertiary/aromatic N) is 1. The van der Waals surface area contributed by atoms with Gasteiger partial charge in [-0.2, -0.15) is 0 Å². The smallest absolute Gasteiger partial charge is 0.0647 e. The molecule has 0 bridgehead atoms. The van der Waals surface area contributed by atoms with E-state index in [2.05, 4.69) is 28.2 Å². The summed E-state index contributed by atoms with van der Waals surface area (Å²) in [5.74, 6) is 0.898. The van der Waals surface area contributed by atoms with Crippen LogP contribution in [0.4, 0.5) is 0 Å². The first-order valence-electron chi connectivity index (χ1n) is 10.3. The largest absolute Gasteiger partial charge is 0.360 e. The van der Waals surface area contributed by atoms with Crippen LogP contribution in [0.5, 0.6) is 0 Å². The van der Waals surface area contributed by atoms with Gasteiger partial charge in [-0.15, -0.1) is 0 Å². The Kier molecular flexibility index (Phi) is 5.67. The topological polar surface area (TPSA) is 19.0 Å². The highest BCUT2D eigenvalue weighted by molar-refractivity contribution is 6.35. The number of benzene rings is 1. The van der Waals surface area contributed by atoms with Crippen molar-refractivity contribution < 1.29 is 0 Å². The predicted molar refractivity (Wildman–Crippen MR) is 107 cm³/mol. The molecule has 2 aliphatic rings. The van der Waals surface area contributed by atoms with Crippen LogP contribution in [-0.4, -0.2) is 23.0 Å². The zero-order valence-corrected chi connectivity index (χ0v) is 16.0. The average molecular weight is 359 g/mol. The van der Waals surface area contributed by atoms with Gasteiger partial charge in [0.25, 0.3) is 0 Å². The van der Waals surface area contributed by atoms with Crippen LogP contribution in [0.1, 0.15) is 75.8 Å². The Balaban J connectivity index is 1.54. The van der Waals surface area contributed by atoms with Crippen molar-refractivity contribution in [3.8, 4) is 0 Å². The number of rotatable bonds is 3. The highest BCUT2D eigenvalue weighted by Gasteiger charge is 2.28. The van der Waals surface area contributed by atoms with Gasteiger partial charge >= 0.3 is 0 Å². The fourth-order valence-corrected chi connectivity index (χ4v) is 5.26. The van der Waals surface area contributed by atoms with E-state index < -0.39 is 0 Å². The Labute approximate surface area is 156 Å². The molecule has 0 spiro atoms. The molecule has 1 saturated heterocycles. The van der Waals surface area contributed by atoms with Gasteiger partial charge in [0.05, 0.1) is 10.5 Å². The van der Waals surface area contributed by atoms with Crippen molar-refractivity contribution in [1.82, 2.24) is 9.88 Å². The van der Waals surface area contributed by atoms with Gasteiger partial charge in [0.1, 0.15) is 0 Å². The van der Waals surface area contributed by atoms with E-state index in [4.69, 9.17) is 11.6 Å². The van der Waals surface area contributed by atoms with E-state index in [-0.39, 0.29) is 0 Å². The molecule has 25 heavy (non-hydrogen) atoms. The molecular weight excluding hydrogens is 328 g/mol. The Morgan fingerprint density at radius 3 is 2.56 bits per heavy atom. The van der Waals surface area contributed by atoms with Crippen LogP contribution in [0.2, 0.25) is 5.02 Å². The maximum Gasteiger partial charge on any atom is 0.0647 e. The number of para-hydroxylation sites is 1. The molecule has 1 aromatic carbocycles. The van der Waals surface area contributed by atoms with Crippen LogP contribution in [0, 0.1) is 5.92 Å². The lowest BCUT2D eigenvalue weighted by molar-refractivity contribution is 0.117. The maximum absolute atomic E-state index is 6.39. The number of hydrogen-bond donors (Lipinski definition) is 1. The monoisotopic (exact) mass is 358 g/mol. The number of aromatic nitrogens is 1.